The monoisotopic (exact) mass is 242 g/mol. The number of ketones is 1. The summed E-state index contributed by atoms with van der Waals surface area (Å²) in [5, 5.41) is 0.150. The number of hydrogen-bond donors (Lipinski definition) is 0. The number of rotatable bonds is 6. The Kier molecular flexibility index (Phi) is 5.47. The molecule has 0 aliphatic heterocycles. The molecule has 0 unspecified atom stereocenters. The molecule has 0 saturated heterocycles. The summed E-state index contributed by atoms with van der Waals surface area (Å²) in [6.07, 6.45) is 3.74. The molecule has 1 aromatic carbocycles. The van der Waals surface area contributed by atoms with Crippen molar-refractivity contribution in [2.45, 2.75) is 39.0 Å². The van der Waals surface area contributed by atoms with Gasteiger partial charge in [0.25, 0.3) is 0 Å². The third kappa shape index (κ3) is 4.31. The van der Waals surface area contributed by atoms with Gasteiger partial charge in [-0.2, -0.15) is 0 Å². The van der Waals surface area contributed by atoms with Gasteiger partial charge in [-0.05, 0) is 37.0 Å². The molecule has 0 atom stereocenters. The largest absolute Gasteiger partial charge is 0.300 e. The fourth-order valence-electron chi connectivity index (χ4n) is 1.59. The Morgan fingerprint density at radius 3 is 2.75 bits per heavy atom. The van der Waals surface area contributed by atoms with Gasteiger partial charge in [0.1, 0.15) is 11.6 Å². The topological polar surface area (TPSA) is 17.1 Å². The van der Waals surface area contributed by atoms with E-state index in [4.69, 9.17) is 11.6 Å². The predicted octanol–water partition coefficient (Wildman–Crippen LogP) is 4.17. The molecule has 0 aliphatic carbocycles. The Morgan fingerprint density at radius 1 is 1.38 bits per heavy atom. The highest BCUT2D eigenvalue weighted by Crippen LogP contribution is 2.17. The second-order valence-electron chi connectivity index (χ2n) is 3.89. The van der Waals surface area contributed by atoms with Crippen molar-refractivity contribution in [3.63, 3.8) is 0 Å². The lowest BCUT2D eigenvalue weighted by atomic mass is 10.0. The van der Waals surface area contributed by atoms with E-state index in [0.717, 1.165) is 24.8 Å². The highest BCUT2D eigenvalue weighted by atomic mass is 35.5. The van der Waals surface area contributed by atoms with Crippen molar-refractivity contribution >= 4 is 17.4 Å². The van der Waals surface area contributed by atoms with Gasteiger partial charge in [-0.25, -0.2) is 4.39 Å². The minimum Gasteiger partial charge on any atom is -0.300 e. The summed E-state index contributed by atoms with van der Waals surface area (Å²) < 4.78 is 12.9. The molecule has 0 N–H and O–H groups in total. The van der Waals surface area contributed by atoms with Crippen LogP contribution in [0.2, 0.25) is 5.02 Å². The summed E-state index contributed by atoms with van der Waals surface area (Å²) in [7, 11) is 0. The van der Waals surface area contributed by atoms with Gasteiger partial charge >= 0.3 is 0 Å². The second-order valence-corrected chi connectivity index (χ2v) is 4.30. The van der Waals surface area contributed by atoms with Crippen LogP contribution in [0.4, 0.5) is 4.39 Å². The zero-order valence-corrected chi connectivity index (χ0v) is 10.2. The molecule has 0 bridgehead atoms. The number of aryl methyl sites for hydroxylation is 1. The van der Waals surface area contributed by atoms with Crippen LogP contribution in [0.25, 0.3) is 0 Å². The lowest BCUT2D eigenvalue weighted by Gasteiger charge is -2.02. The van der Waals surface area contributed by atoms with Crippen LogP contribution in [0.1, 0.15) is 38.2 Å². The third-order valence-electron chi connectivity index (χ3n) is 2.43. The highest BCUT2D eigenvalue weighted by molar-refractivity contribution is 6.30. The molecule has 0 aliphatic rings. The van der Waals surface area contributed by atoms with Gasteiger partial charge in [0.15, 0.2) is 0 Å². The van der Waals surface area contributed by atoms with E-state index in [1.54, 1.807) is 12.1 Å². The molecular weight excluding hydrogens is 227 g/mol. The Bertz CT molecular complexity index is 363. The minimum absolute atomic E-state index is 0.150. The van der Waals surface area contributed by atoms with Crippen LogP contribution in [0.15, 0.2) is 18.2 Å². The second kappa shape index (κ2) is 6.64. The van der Waals surface area contributed by atoms with Gasteiger partial charge in [0.05, 0.1) is 5.02 Å². The normalized spacial score (nSPS) is 10.4. The average molecular weight is 243 g/mol. The van der Waals surface area contributed by atoms with E-state index < -0.39 is 5.82 Å². The van der Waals surface area contributed by atoms with Crippen molar-refractivity contribution in [2.75, 3.05) is 0 Å². The summed E-state index contributed by atoms with van der Waals surface area (Å²) in [6.45, 7) is 2.00. The van der Waals surface area contributed by atoms with Gasteiger partial charge in [0, 0.05) is 12.8 Å². The first-order valence-electron chi connectivity index (χ1n) is 5.59. The SMILES string of the molecule is CCCC(=O)CCCc1ccc(F)c(Cl)c1. The summed E-state index contributed by atoms with van der Waals surface area (Å²) >= 11 is 5.66. The molecule has 0 spiro atoms. The van der Waals surface area contributed by atoms with Crippen LogP contribution >= 0.6 is 11.6 Å². The first-order valence-corrected chi connectivity index (χ1v) is 5.97. The molecule has 0 heterocycles. The minimum atomic E-state index is -0.396. The fraction of sp³-hybridized carbons (Fsp3) is 0.462. The van der Waals surface area contributed by atoms with Crippen molar-refractivity contribution in [2.24, 2.45) is 0 Å². The molecule has 1 nitrogen and oxygen atoms in total. The lowest BCUT2D eigenvalue weighted by Crippen LogP contribution is -1.98. The highest BCUT2D eigenvalue weighted by Gasteiger charge is 2.03. The van der Waals surface area contributed by atoms with Gasteiger partial charge < -0.3 is 0 Å². The molecule has 0 radical (unpaired) electrons. The number of Topliss-reactive ketones (excluding diaryl/α,β-unsaturated/α-hetero) is 1. The van der Waals surface area contributed by atoms with Gasteiger partial charge in [-0.15, -0.1) is 0 Å². The summed E-state index contributed by atoms with van der Waals surface area (Å²) in [4.78, 5) is 11.3. The van der Waals surface area contributed by atoms with E-state index in [1.165, 1.54) is 6.07 Å². The van der Waals surface area contributed by atoms with E-state index in [0.29, 0.717) is 18.6 Å². The molecule has 0 saturated carbocycles. The Morgan fingerprint density at radius 2 is 2.12 bits per heavy atom. The Hall–Kier alpha value is -0.890. The summed E-state index contributed by atoms with van der Waals surface area (Å²) in [5.74, 6) is -0.0943. The zero-order chi connectivity index (χ0) is 12.0. The van der Waals surface area contributed by atoms with Crippen molar-refractivity contribution in [1.82, 2.24) is 0 Å². The van der Waals surface area contributed by atoms with E-state index >= 15 is 0 Å². The van der Waals surface area contributed by atoms with Crippen LogP contribution in [-0.4, -0.2) is 5.78 Å². The maximum Gasteiger partial charge on any atom is 0.141 e. The molecule has 88 valence electrons. The Balaban J connectivity index is 2.37. The van der Waals surface area contributed by atoms with Crippen molar-refractivity contribution in [3.05, 3.63) is 34.6 Å². The molecule has 3 heteroatoms. The maximum atomic E-state index is 12.9. The van der Waals surface area contributed by atoms with E-state index in [-0.39, 0.29) is 5.02 Å². The van der Waals surface area contributed by atoms with Crippen molar-refractivity contribution < 1.29 is 9.18 Å². The molecular formula is C13H16ClFO. The summed E-state index contributed by atoms with van der Waals surface area (Å²) in [6, 6.07) is 4.71. The zero-order valence-electron chi connectivity index (χ0n) is 9.43. The lowest BCUT2D eigenvalue weighted by molar-refractivity contribution is -0.119. The van der Waals surface area contributed by atoms with Crippen LogP contribution in [0.5, 0.6) is 0 Å². The van der Waals surface area contributed by atoms with Crippen LogP contribution in [-0.2, 0) is 11.2 Å². The molecule has 0 aromatic heterocycles. The Labute approximate surface area is 101 Å². The molecule has 0 fully saturated rings. The van der Waals surface area contributed by atoms with Gasteiger partial charge in [-0.3, -0.25) is 4.79 Å². The van der Waals surface area contributed by atoms with E-state index in [9.17, 15) is 9.18 Å². The number of carbonyl (C=O) groups excluding carboxylic acids is 1. The standard InChI is InChI=1S/C13H16ClFO/c1-2-4-11(16)6-3-5-10-7-8-13(15)12(14)9-10/h7-9H,2-6H2,1H3. The quantitative estimate of drug-likeness (QED) is 0.732. The maximum absolute atomic E-state index is 12.9. The van der Waals surface area contributed by atoms with Gasteiger partial charge in [0.2, 0.25) is 0 Å². The van der Waals surface area contributed by atoms with Crippen LogP contribution < -0.4 is 0 Å². The van der Waals surface area contributed by atoms with Crippen molar-refractivity contribution in [3.8, 4) is 0 Å². The van der Waals surface area contributed by atoms with E-state index in [1.807, 2.05) is 6.92 Å². The number of halogens is 2. The summed E-state index contributed by atoms with van der Waals surface area (Å²) in [5.41, 5.74) is 0.982. The average Bonchev–Trinajstić information content (AvgIpc) is 2.24. The molecule has 1 rings (SSSR count). The smallest absolute Gasteiger partial charge is 0.141 e. The van der Waals surface area contributed by atoms with E-state index in [2.05, 4.69) is 0 Å². The first-order chi connectivity index (χ1) is 7.63. The number of carbonyl (C=O) groups is 1. The molecule has 0 amide bonds. The molecule has 16 heavy (non-hydrogen) atoms. The van der Waals surface area contributed by atoms with Crippen LogP contribution in [0.3, 0.4) is 0 Å². The predicted molar refractivity (Wildman–Crippen MR) is 64.3 cm³/mol. The fourth-order valence-corrected chi connectivity index (χ4v) is 1.79. The number of hydrogen-bond acceptors (Lipinski definition) is 1. The third-order valence-corrected chi connectivity index (χ3v) is 2.72. The van der Waals surface area contributed by atoms with Gasteiger partial charge in [-0.1, -0.05) is 24.6 Å². The van der Waals surface area contributed by atoms with Crippen LogP contribution in [0, 0.1) is 5.82 Å². The number of benzene rings is 1. The van der Waals surface area contributed by atoms with Crippen molar-refractivity contribution in [1.29, 1.82) is 0 Å². The molecule has 1 aromatic rings. The first kappa shape index (κ1) is 13.2.